The Morgan fingerprint density at radius 3 is 2.80 bits per heavy atom. The summed E-state index contributed by atoms with van der Waals surface area (Å²) in [4.78, 5) is 39.1. The second kappa shape index (κ2) is 8.74. The maximum Gasteiger partial charge on any atom is 0.348 e. The molecule has 1 fully saturated rings. The summed E-state index contributed by atoms with van der Waals surface area (Å²) >= 11 is 6.16. The number of imide groups is 1. The van der Waals surface area contributed by atoms with Gasteiger partial charge in [-0.15, -0.1) is 5.10 Å². The van der Waals surface area contributed by atoms with Gasteiger partial charge in [0.05, 0.1) is 11.7 Å². The van der Waals surface area contributed by atoms with Gasteiger partial charge in [-0.05, 0) is 36.5 Å². The van der Waals surface area contributed by atoms with E-state index in [-0.39, 0.29) is 30.6 Å². The molecular formula is C20H21ClN6O3. The zero-order valence-electron chi connectivity index (χ0n) is 16.2. The quantitative estimate of drug-likeness (QED) is 0.700. The molecule has 9 nitrogen and oxygen atoms in total. The number of carbonyl (C=O) groups is 3. The molecule has 4 rings (SSSR count). The highest BCUT2D eigenvalue weighted by atomic mass is 35.5. The van der Waals surface area contributed by atoms with Gasteiger partial charge in [0.1, 0.15) is 12.3 Å². The number of hydrogen-bond donors (Lipinski definition) is 2. The number of nitrogens with one attached hydrogen (secondary N) is 2. The summed E-state index contributed by atoms with van der Waals surface area (Å²) in [6.45, 7) is -0.00557. The molecular weight excluding hydrogens is 408 g/mol. The Morgan fingerprint density at radius 2 is 2.10 bits per heavy atom. The molecule has 0 unspecified atom stereocenters. The fraction of sp³-hybridized carbons (Fsp3) is 0.400. The third-order valence-electron chi connectivity index (χ3n) is 5.35. The smallest absolute Gasteiger partial charge is 0.347 e. The molecule has 0 bridgehead atoms. The van der Waals surface area contributed by atoms with Crippen LogP contribution in [-0.4, -0.2) is 38.6 Å². The number of carbonyl (C=O) groups excluding carboxylic acids is 3. The van der Waals surface area contributed by atoms with Crippen LogP contribution in [0.5, 0.6) is 0 Å². The van der Waals surface area contributed by atoms with Gasteiger partial charge >= 0.3 is 6.03 Å². The highest BCUT2D eigenvalue weighted by Gasteiger charge is 2.28. The van der Waals surface area contributed by atoms with E-state index in [9.17, 15) is 14.4 Å². The number of amides is 4. The first-order chi connectivity index (χ1) is 14.5. The lowest BCUT2D eigenvalue weighted by atomic mass is 9.91. The van der Waals surface area contributed by atoms with Crippen LogP contribution in [0.15, 0.2) is 35.5 Å². The molecule has 156 valence electrons. The molecule has 0 spiro atoms. The number of aromatic nitrogens is 3. The second-order valence-electron chi connectivity index (χ2n) is 7.55. The highest BCUT2D eigenvalue weighted by molar-refractivity contribution is 6.46. The first-order valence-electron chi connectivity index (χ1n) is 9.84. The number of aliphatic imine (C=N–C) groups is 1. The van der Waals surface area contributed by atoms with E-state index >= 15 is 0 Å². The topological polar surface area (TPSA) is 118 Å². The van der Waals surface area contributed by atoms with Crippen LogP contribution in [0.1, 0.15) is 43.0 Å². The lowest BCUT2D eigenvalue weighted by molar-refractivity contribution is -0.123. The van der Waals surface area contributed by atoms with Gasteiger partial charge in [0.25, 0.3) is 5.91 Å². The summed E-state index contributed by atoms with van der Waals surface area (Å²) in [7, 11) is 0. The number of benzene rings is 1. The lowest BCUT2D eigenvalue weighted by Crippen LogP contribution is -2.35. The van der Waals surface area contributed by atoms with Crippen molar-refractivity contribution < 1.29 is 14.4 Å². The molecule has 1 aliphatic heterocycles. The van der Waals surface area contributed by atoms with Crippen LogP contribution in [0.3, 0.4) is 0 Å². The van der Waals surface area contributed by atoms with Crippen LogP contribution in [0.25, 0.3) is 0 Å². The zero-order chi connectivity index (χ0) is 21.1. The van der Waals surface area contributed by atoms with Gasteiger partial charge in [-0.2, -0.15) is 4.99 Å². The molecule has 2 N–H and O–H groups in total. The number of halogens is 1. The molecule has 1 aliphatic carbocycles. The monoisotopic (exact) mass is 428 g/mol. The summed E-state index contributed by atoms with van der Waals surface area (Å²) in [5, 5.41) is 13.8. The lowest BCUT2D eigenvalue weighted by Gasteiger charge is -2.25. The van der Waals surface area contributed by atoms with E-state index in [2.05, 4.69) is 25.9 Å². The second-order valence-corrected chi connectivity index (χ2v) is 7.98. The minimum atomic E-state index is -0.680. The Bertz CT molecular complexity index is 1010. The van der Waals surface area contributed by atoms with Gasteiger partial charge in [-0.3, -0.25) is 14.9 Å². The van der Waals surface area contributed by atoms with Crippen LogP contribution in [0, 0.1) is 5.92 Å². The van der Waals surface area contributed by atoms with Gasteiger partial charge in [-0.1, -0.05) is 41.8 Å². The van der Waals surface area contributed by atoms with Crippen molar-refractivity contribution in [3.8, 4) is 0 Å². The van der Waals surface area contributed by atoms with Crippen LogP contribution >= 0.6 is 11.6 Å². The molecule has 30 heavy (non-hydrogen) atoms. The van der Waals surface area contributed by atoms with Gasteiger partial charge < -0.3 is 5.32 Å². The van der Waals surface area contributed by atoms with Crippen molar-refractivity contribution in [3.63, 3.8) is 0 Å². The maximum absolute atomic E-state index is 12.7. The van der Waals surface area contributed by atoms with E-state index in [1.165, 1.54) is 4.68 Å². The fourth-order valence-corrected chi connectivity index (χ4v) is 4.19. The molecule has 2 aromatic rings. The minimum Gasteiger partial charge on any atom is -0.347 e. The van der Waals surface area contributed by atoms with Crippen LogP contribution in [-0.2, 0) is 22.6 Å². The molecule has 2 heterocycles. The Kier molecular flexibility index (Phi) is 5.89. The van der Waals surface area contributed by atoms with Gasteiger partial charge in [-0.25, -0.2) is 9.48 Å². The largest absolute Gasteiger partial charge is 0.348 e. The van der Waals surface area contributed by atoms with Crippen LogP contribution in [0.2, 0.25) is 5.02 Å². The third-order valence-corrected chi connectivity index (χ3v) is 5.59. The summed E-state index contributed by atoms with van der Waals surface area (Å²) < 4.78 is 1.41. The van der Waals surface area contributed by atoms with Crippen LogP contribution in [0.4, 0.5) is 4.79 Å². The van der Waals surface area contributed by atoms with E-state index in [0.717, 1.165) is 31.2 Å². The highest BCUT2D eigenvalue weighted by Crippen LogP contribution is 2.36. The molecule has 10 heteroatoms. The SMILES string of the molecule is O=C(Cn1cc(CC2=NC(=O)NC2=O)nn1)N[C@H](c1cccc(Cl)c1)C1CCCC1. The number of rotatable bonds is 7. The van der Waals surface area contributed by atoms with Crippen molar-refractivity contribution in [2.24, 2.45) is 10.9 Å². The molecule has 0 saturated heterocycles. The summed E-state index contributed by atoms with van der Waals surface area (Å²) in [5.74, 6) is -0.349. The predicted octanol–water partition coefficient (Wildman–Crippen LogP) is 2.21. The molecule has 1 saturated carbocycles. The minimum absolute atomic E-state index is 0.00557. The van der Waals surface area contributed by atoms with E-state index in [0.29, 0.717) is 16.6 Å². The van der Waals surface area contributed by atoms with Crippen molar-refractivity contribution in [1.82, 2.24) is 25.6 Å². The normalized spacial score (nSPS) is 17.7. The number of urea groups is 1. The fourth-order valence-electron chi connectivity index (χ4n) is 3.99. The third kappa shape index (κ3) is 4.73. The molecule has 1 aromatic heterocycles. The van der Waals surface area contributed by atoms with Gasteiger partial charge in [0, 0.05) is 17.6 Å². The first-order valence-corrected chi connectivity index (χ1v) is 10.2. The summed E-state index contributed by atoms with van der Waals surface area (Å²) in [6, 6.07) is 6.80. The van der Waals surface area contributed by atoms with Crippen molar-refractivity contribution in [2.75, 3.05) is 0 Å². The van der Waals surface area contributed by atoms with E-state index in [1.807, 2.05) is 24.3 Å². The Labute approximate surface area is 177 Å². The maximum atomic E-state index is 12.7. The molecule has 0 radical (unpaired) electrons. The Hall–Kier alpha value is -3.07. The van der Waals surface area contributed by atoms with Crippen LogP contribution < -0.4 is 10.6 Å². The molecule has 4 amide bonds. The standard InChI is InChI=1S/C20H21ClN6O3/c21-14-7-3-6-13(8-14)18(12-4-1-2-5-12)23-17(28)11-27-10-15(25-26-27)9-16-19(29)24-20(30)22-16/h3,6-8,10,12,18H,1-2,4-5,9,11H2,(H,23,28)(H,24,29,30)/t18-/m0/s1. The van der Waals surface area contributed by atoms with E-state index < -0.39 is 11.9 Å². The van der Waals surface area contributed by atoms with Crippen molar-refractivity contribution in [3.05, 3.63) is 46.7 Å². The van der Waals surface area contributed by atoms with E-state index in [1.54, 1.807) is 6.20 Å². The number of nitrogens with zero attached hydrogens (tertiary/aromatic N) is 4. The average Bonchev–Trinajstić information content (AvgIpc) is 3.43. The predicted molar refractivity (Wildman–Crippen MR) is 109 cm³/mol. The Balaban J connectivity index is 1.41. The Morgan fingerprint density at radius 1 is 1.30 bits per heavy atom. The average molecular weight is 429 g/mol. The van der Waals surface area contributed by atoms with Crippen molar-refractivity contribution >= 4 is 35.2 Å². The van der Waals surface area contributed by atoms with E-state index in [4.69, 9.17) is 11.6 Å². The summed E-state index contributed by atoms with van der Waals surface area (Å²) in [5.41, 5.74) is 1.53. The molecule has 2 aliphatic rings. The van der Waals surface area contributed by atoms with Gasteiger partial charge in [0.15, 0.2) is 0 Å². The first kappa shape index (κ1) is 20.2. The van der Waals surface area contributed by atoms with Crippen molar-refractivity contribution in [2.45, 2.75) is 44.7 Å². The molecule has 1 aromatic carbocycles. The zero-order valence-corrected chi connectivity index (χ0v) is 16.9. The van der Waals surface area contributed by atoms with Gasteiger partial charge in [0.2, 0.25) is 5.91 Å². The molecule has 1 atom stereocenters. The number of hydrogen-bond acceptors (Lipinski definition) is 5. The summed E-state index contributed by atoms with van der Waals surface area (Å²) in [6.07, 6.45) is 6.09. The van der Waals surface area contributed by atoms with Crippen molar-refractivity contribution in [1.29, 1.82) is 0 Å².